The molecule has 2 N–H and O–H groups in total. The number of rotatable bonds is 8. The molecular formula is C29H29F4N3O5. The van der Waals surface area contributed by atoms with Gasteiger partial charge in [0, 0.05) is 43.9 Å². The van der Waals surface area contributed by atoms with Crippen LogP contribution in [0.3, 0.4) is 0 Å². The second-order valence-electron chi connectivity index (χ2n) is 10.3. The lowest BCUT2D eigenvalue weighted by molar-refractivity contribution is -0.173. The minimum absolute atomic E-state index is 0.0281. The van der Waals surface area contributed by atoms with Crippen LogP contribution in [-0.2, 0) is 11.2 Å². The molecular weight excluding hydrogens is 546 g/mol. The van der Waals surface area contributed by atoms with Gasteiger partial charge in [0.05, 0.1) is 12.0 Å². The van der Waals surface area contributed by atoms with Crippen molar-refractivity contribution in [3.63, 3.8) is 0 Å². The maximum atomic E-state index is 13.6. The van der Waals surface area contributed by atoms with Gasteiger partial charge in [0.1, 0.15) is 17.1 Å². The van der Waals surface area contributed by atoms with Crippen LogP contribution in [0.2, 0.25) is 0 Å². The topological polar surface area (TPSA) is 101 Å². The molecule has 2 aromatic carbocycles. The molecule has 5 rings (SSSR count). The summed E-state index contributed by atoms with van der Waals surface area (Å²) in [5.74, 6) is -2.53. The SMILES string of the molecule is O=C(NC1CCN(C2CCc3cc(OCCCNC(=O)C(F)(F)F)ccc32)CC1)c1cc(=O)c2ccc(F)cc2o1. The minimum atomic E-state index is -4.89. The molecule has 1 aliphatic heterocycles. The molecule has 0 bridgehead atoms. The van der Waals surface area contributed by atoms with Crippen LogP contribution in [0.25, 0.3) is 11.0 Å². The number of halogens is 4. The van der Waals surface area contributed by atoms with E-state index in [1.165, 1.54) is 17.7 Å². The molecule has 1 aromatic heterocycles. The van der Waals surface area contributed by atoms with Crippen LogP contribution in [0, 0.1) is 5.82 Å². The van der Waals surface area contributed by atoms with Crippen LogP contribution in [0.5, 0.6) is 5.75 Å². The molecule has 1 saturated heterocycles. The molecule has 0 spiro atoms. The zero-order valence-electron chi connectivity index (χ0n) is 22.1. The summed E-state index contributed by atoms with van der Waals surface area (Å²) in [6, 6.07) is 10.7. The Morgan fingerprint density at radius 1 is 1.05 bits per heavy atom. The molecule has 2 aliphatic rings. The van der Waals surface area contributed by atoms with Gasteiger partial charge in [-0.2, -0.15) is 13.2 Å². The van der Waals surface area contributed by atoms with Gasteiger partial charge in [-0.1, -0.05) is 6.07 Å². The zero-order valence-corrected chi connectivity index (χ0v) is 22.1. The quantitative estimate of drug-likeness (QED) is 0.308. The summed E-state index contributed by atoms with van der Waals surface area (Å²) in [5, 5.41) is 4.97. The molecule has 0 radical (unpaired) electrons. The predicted molar refractivity (Wildman–Crippen MR) is 141 cm³/mol. The van der Waals surface area contributed by atoms with Crippen molar-refractivity contribution < 1.29 is 36.3 Å². The Balaban J connectivity index is 1.10. The van der Waals surface area contributed by atoms with Crippen LogP contribution in [0.15, 0.2) is 51.7 Å². The van der Waals surface area contributed by atoms with Crippen molar-refractivity contribution in [3.05, 3.63) is 75.4 Å². The second-order valence-corrected chi connectivity index (χ2v) is 10.3. The first-order valence-corrected chi connectivity index (χ1v) is 13.5. The van der Waals surface area contributed by atoms with Gasteiger partial charge in [0.15, 0.2) is 11.2 Å². The van der Waals surface area contributed by atoms with E-state index in [-0.39, 0.29) is 48.4 Å². The van der Waals surface area contributed by atoms with E-state index in [1.807, 2.05) is 23.5 Å². The molecule has 218 valence electrons. The van der Waals surface area contributed by atoms with E-state index in [0.29, 0.717) is 5.75 Å². The molecule has 12 heteroatoms. The third-order valence-electron chi connectivity index (χ3n) is 7.51. The summed E-state index contributed by atoms with van der Waals surface area (Å²) >= 11 is 0. The maximum absolute atomic E-state index is 13.6. The largest absolute Gasteiger partial charge is 0.494 e. The second kappa shape index (κ2) is 11.9. The van der Waals surface area contributed by atoms with E-state index in [4.69, 9.17) is 9.15 Å². The molecule has 1 unspecified atom stereocenters. The van der Waals surface area contributed by atoms with Crippen LogP contribution < -0.4 is 20.8 Å². The number of hydrogen-bond acceptors (Lipinski definition) is 6. The molecule has 2 amide bonds. The Labute approximate surface area is 232 Å². The van der Waals surface area contributed by atoms with Gasteiger partial charge in [0.2, 0.25) is 0 Å². The van der Waals surface area contributed by atoms with E-state index < -0.39 is 29.2 Å². The van der Waals surface area contributed by atoms with Crippen LogP contribution >= 0.6 is 0 Å². The van der Waals surface area contributed by atoms with Gasteiger partial charge in [-0.25, -0.2) is 4.39 Å². The van der Waals surface area contributed by atoms with Crippen molar-refractivity contribution in [1.29, 1.82) is 0 Å². The van der Waals surface area contributed by atoms with Crippen molar-refractivity contribution in [2.24, 2.45) is 0 Å². The van der Waals surface area contributed by atoms with Gasteiger partial charge in [-0.15, -0.1) is 0 Å². The number of carbonyl (C=O) groups excluding carboxylic acids is 2. The van der Waals surface area contributed by atoms with Gasteiger partial charge < -0.3 is 19.8 Å². The number of fused-ring (bicyclic) bond motifs is 2. The molecule has 1 aliphatic carbocycles. The summed E-state index contributed by atoms with van der Waals surface area (Å²) in [7, 11) is 0. The van der Waals surface area contributed by atoms with Crippen molar-refractivity contribution in [1.82, 2.24) is 15.5 Å². The highest BCUT2D eigenvalue weighted by Gasteiger charge is 2.38. The number of hydrogen-bond donors (Lipinski definition) is 2. The normalized spacial score (nSPS) is 17.8. The van der Waals surface area contributed by atoms with E-state index in [2.05, 4.69) is 10.2 Å². The maximum Gasteiger partial charge on any atom is 0.471 e. The Hall–Kier alpha value is -3.93. The Morgan fingerprint density at radius 3 is 2.59 bits per heavy atom. The highest BCUT2D eigenvalue weighted by molar-refractivity contribution is 5.93. The molecule has 41 heavy (non-hydrogen) atoms. The fourth-order valence-corrected chi connectivity index (χ4v) is 5.46. The number of piperidine rings is 1. The number of benzene rings is 2. The summed E-state index contributed by atoms with van der Waals surface area (Å²) < 4.78 is 61.4. The Morgan fingerprint density at radius 2 is 1.83 bits per heavy atom. The summed E-state index contributed by atoms with van der Waals surface area (Å²) in [4.78, 5) is 38.3. The monoisotopic (exact) mass is 575 g/mol. The average molecular weight is 576 g/mol. The van der Waals surface area contributed by atoms with Gasteiger partial charge in [-0.05, 0) is 67.5 Å². The number of aryl methyl sites for hydroxylation is 1. The standard InChI is InChI=1S/C29H29F4N3O5/c30-18-3-5-22-24(37)16-26(41-25(22)15-18)27(38)35-19-8-11-36(12-9-19)23-7-2-17-14-20(4-6-21(17)23)40-13-1-10-34-28(39)29(31,32)33/h3-6,14-16,19,23H,1-2,7-13H2,(H,34,39)(H,35,38). The van der Waals surface area contributed by atoms with Crippen molar-refractivity contribution in [3.8, 4) is 5.75 Å². The number of likely N-dealkylation sites (tertiary alicyclic amines) is 1. The molecule has 0 saturated carbocycles. The molecule has 2 heterocycles. The number of nitrogens with zero attached hydrogens (tertiary/aromatic N) is 1. The van der Waals surface area contributed by atoms with Crippen molar-refractivity contribution in [2.45, 2.75) is 50.4 Å². The molecule has 1 atom stereocenters. The highest BCUT2D eigenvalue weighted by Crippen LogP contribution is 2.38. The van der Waals surface area contributed by atoms with Crippen molar-refractivity contribution >= 4 is 22.8 Å². The van der Waals surface area contributed by atoms with Gasteiger partial charge in [0.25, 0.3) is 5.91 Å². The number of alkyl halides is 3. The lowest BCUT2D eigenvalue weighted by Gasteiger charge is -2.36. The van der Waals surface area contributed by atoms with E-state index in [0.717, 1.165) is 56.5 Å². The lowest BCUT2D eigenvalue weighted by Crippen LogP contribution is -2.45. The summed E-state index contributed by atoms with van der Waals surface area (Å²) in [5.41, 5.74) is 1.99. The minimum Gasteiger partial charge on any atom is -0.494 e. The summed E-state index contributed by atoms with van der Waals surface area (Å²) in [6.45, 7) is 1.59. The van der Waals surface area contributed by atoms with E-state index in [9.17, 15) is 31.9 Å². The Kier molecular flexibility index (Phi) is 8.30. The van der Waals surface area contributed by atoms with Crippen LogP contribution in [0.4, 0.5) is 17.6 Å². The average Bonchev–Trinajstić information content (AvgIpc) is 3.35. The van der Waals surface area contributed by atoms with Gasteiger partial charge >= 0.3 is 12.1 Å². The first kappa shape index (κ1) is 28.6. The van der Waals surface area contributed by atoms with Crippen LogP contribution in [0.1, 0.15) is 53.4 Å². The fraction of sp³-hybridized carbons (Fsp3) is 0.414. The summed E-state index contributed by atoms with van der Waals surface area (Å²) in [6.07, 6.45) is -1.39. The van der Waals surface area contributed by atoms with Crippen molar-refractivity contribution in [2.75, 3.05) is 26.2 Å². The predicted octanol–water partition coefficient (Wildman–Crippen LogP) is 4.26. The first-order valence-electron chi connectivity index (χ1n) is 13.5. The smallest absolute Gasteiger partial charge is 0.471 e. The number of nitrogens with one attached hydrogen (secondary N) is 2. The Bertz CT molecular complexity index is 1500. The number of carbonyl (C=O) groups is 2. The highest BCUT2D eigenvalue weighted by atomic mass is 19.4. The number of amides is 2. The zero-order chi connectivity index (χ0) is 29.1. The molecule has 8 nitrogen and oxygen atoms in total. The van der Waals surface area contributed by atoms with Crippen LogP contribution in [-0.4, -0.2) is 55.2 Å². The molecule has 1 fully saturated rings. The first-order chi connectivity index (χ1) is 19.6. The van der Waals surface area contributed by atoms with E-state index >= 15 is 0 Å². The number of ether oxygens (including phenoxy) is 1. The third-order valence-corrected chi connectivity index (χ3v) is 7.51. The molecule has 3 aromatic rings. The fourth-order valence-electron chi connectivity index (χ4n) is 5.46. The third kappa shape index (κ3) is 6.70. The lowest BCUT2D eigenvalue weighted by atomic mass is 10.00. The van der Waals surface area contributed by atoms with E-state index in [1.54, 1.807) is 0 Å². The van der Waals surface area contributed by atoms with Gasteiger partial charge in [-0.3, -0.25) is 19.3 Å².